The Hall–Kier alpha value is -2.60. The van der Waals surface area contributed by atoms with Crippen LogP contribution >= 0.6 is 0 Å². The number of carboxylic acid groups (broad SMARTS) is 1. The van der Waals surface area contributed by atoms with Gasteiger partial charge in [0.15, 0.2) is 5.60 Å². The molecular weight excluding hydrogens is 393 g/mol. The largest absolute Gasteiger partial charge is 0.478 e. The monoisotopic (exact) mass is 416 g/mol. The average molecular weight is 416 g/mol. The molecule has 0 aromatic heterocycles. The van der Waals surface area contributed by atoms with Crippen molar-refractivity contribution in [3.8, 4) is 0 Å². The van der Waals surface area contributed by atoms with Gasteiger partial charge in [-0.15, -0.1) is 0 Å². The van der Waals surface area contributed by atoms with Crippen LogP contribution in [0.25, 0.3) is 5.57 Å². The minimum atomic E-state index is -4.69. The van der Waals surface area contributed by atoms with Gasteiger partial charge in [-0.1, -0.05) is 42.5 Å². The maximum absolute atomic E-state index is 13.6. The Kier molecular flexibility index (Phi) is 4.81. The molecule has 3 atom stereocenters. The van der Waals surface area contributed by atoms with E-state index in [9.17, 15) is 28.2 Å². The third kappa shape index (κ3) is 3.23. The number of hydrogen-bond acceptors (Lipinski definition) is 2. The van der Waals surface area contributed by atoms with Crippen molar-refractivity contribution in [1.82, 2.24) is 0 Å². The molecule has 3 unspecified atom stereocenters. The standard InChI is InChI=1S/C24H23F3O3/c1-15-11-18-14-23(30,24(25,26)27)10-9-22(18,13-16-5-3-2-4-6-16)20-8-7-17(21(28)29)12-19(15)20/h2-8,11-12,18,30H,9-10,13-14H2,1H3,(H,28,29). The SMILES string of the molecule is CC1=CC2CC(O)(C(F)(F)F)CCC2(Cc2ccccc2)c2ccc(C(=O)O)cc21. The van der Waals surface area contributed by atoms with E-state index in [1.54, 1.807) is 25.1 Å². The molecule has 2 aliphatic rings. The maximum Gasteiger partial charge on any atom is 0.417 e. The number of carboxylic acids is 1. The summed E-state index contributed by atoms with van der Waals surface area (Å²) in [6, 6.07) is 14.5. The summed E-state index contributed by atoms with van der Waals surface area (Å²) in [4.78, 5) is 11.5. The molecule has 0 heterocycles. The molecule has 2 N–H and O–H groups in total. The van der Waals surface area contributed by atoms with Crippen molar-refractivity contribution in [2.24, 2.45) is 5.92 Å². The zero-order valence-electron chi connectivity index (χ0n) is 16.5. The zero-order chi connectivity index (χ0) is 21.7. The highest BCUT2D eigenvalue weighted by atomic mass is 19.4. The lowest BCUT2D eigenvalue weighted by atomic mass is 9.53. The summed E-state index contributed by atoms with van der Waals surface area (Å²) in [6.45, 7) is 1.79. The van der Waals surface area contributed by atoms with Crippen LogP contribution in [-0.2, 0) is 11.8 Å². The molecule has 2 aliphatic carbocycles. The normalized spacial score (nSPS) is 28.3. The number of hydrogen-bond donors (Lipinski definition) is 2. The van der Waals surface area contributed by atoms with Crippen LogP contribution in [0.15, 0.2) is 54.6 Å². The van der Waals surface area contributed by atoms with E-state index in [-0.39, 0.29) is 18.4 Å². The Bertz CT molecular complexity index is 1010. The van der Waals surface area contributed by atoms with E-state index in [2.05, 4.69) is 0 Å². The molecule has 2 aromatic carbocycles. The Balaban J connectivity index is 1.87. The highest BCUT2D eigenvalue weighted by Crippen LogP contribution is 2.57. The Morgan fingerprint density at radius 2 is 1.83 bits per heavy atom. The summed E-state index contributed by atoms with van der Waals surface area (Å²) < 4.78 is 40.9. The third-order valence-corrected chi connectivity index (χ3v) is 6.82. The molecule has 6 heteroatoms. The van der Waals surface area contributed by atoms with Gasteiger partial charge in [0, 0.05) is 5.41 Å². The molecule has 0 radical (unpaired) electrons. The number of aromatic carboxylic acids is 1. The van der Waals surface area contributed by atoms with E-state index in [1.807, 2.05) is 30.3 Å². The van der Waals surface area contributed by atoms with E-state index in [1.165, 1.54) is 6.07 Å². The summed E-state index contributed by atoms with van der Waals surface area (Å²) >= 11 is 0. The fraction of sp³-hybridized carbons (Fsp3) is 0.375. The van der Waals surface area contributed by atoms with Gasteiger partial charge in [-0.25, -0.2) is 4.79 Å². The summed E-state index contributed by atoms with van der Waals surface area (Å²) in [6.07, 6.45) is -3.00. The van der Waals surface area contributed by atoms with Crippen LogP contribution in [0.5, 0.6) is 0 Å². The number of fused-ring (bicyclic) bond motifs is 3. The first-order valence-corrected chi connectivity index (χ1v) is 9.95. The minimum Gasteiger partial charge on any atom is -0.478 e. The van der Waals surface area contributed by atoms with Crippen molar-refractivity contribution < 1.29 is 28.2 Å². The smallest absolute Gasteiger partial charge is 0.417 e. The van der Waals surface area contributed by atoms with Gasteiger partial charge < -0.3 is 10.2 Å². The van der Waals surface area contributed by atoms with Crippen molar-refractivity contribution in [3.63, 3.8) is 0 Å². The second-order valence-electron chi connectivity index (χ2n) is 8.57. The van der Waals surface area contributed by atoms with Gasteiger partial charge in [-0.2, -0.15) is 13.2 Å². The number of alkyl halides is 3. The van der Waals surface area contributed by atoms with Crippen molar-refractivity contribution in [1.29, 1.82) is 0 Å². The third-order valence-electron chi connectivity index (χ3n) is 6.82. The molecule has 0 spiro atoms. The molecule has 0 saturated heterocycles. The molecule has 2 aromatic rings. The molecule has 3 nitrogen and oxygen atoms in total. The number of halogens is 3. The number of rotatable bonds is 3. The molecule has 0 aliphatic heterocycles. The zero-order valence-corrected chi connectivity index (χ0v) is 16.5. The van der Waals surface area contributed by atoms with Gasteiger partial charge in [0.1, 0.15) is 0 Å². The fourth-order valence-electron chi connectivity index (χ4n) is 5.19. The maximum atomic E-state index is 13.6. The first-order chi connectivity index (χ1) is 14.1. The van der Waals surface area contributed by atoms with Crippen LogP contribution in [0, 0.1) is 5.92 Å². The van der Waals surface area contributed by atoms with Crippen LogP contribution in [0.3, 0.4) is 0 Å². The van der Waals surface area contributed by atoms with E-state index in [0.29, 0.717) is 6.42 Å². The number of aliphatic hydroxyl groups is 1. The lowest BCUT2D eigenvalue weighted by molar-refractivity contribution is -0.277. The lowest BCUT2D eigenvalue weighted by Crippen LogP contribution is -2.56. The quantitative estimate of drug-likeness (QED) is 0.707. The van der Waals surface area contributed by atoms with Crippen LogP contribution in [0.4, 0.5) is 13.2 Å². The molecule has 1 saturated carbocycles. The van der Waals surface area contributed by atoms with Gasteiger partial charge in [0.25, 0.3) is 0 Å². The van der Waals surface area contributed by atoms with Crippen LogP contribution in [0.2, 0.25) is 0 Å². The number of allylic oxidation sites excluding steroid dienone is 2. The van der Waals surface area contributed by atoms with E-state index < -0.39 is 35.5 Å². The van der Waals surface area contributed by atoms with Crippen LogP contribution < -0.4 is 0 Å². The Morgan fingerprint density at radius 3 is 2.47 bits per heavy atom. The summed E-state index contributed by atoms with van der Waals surface area (Å²) in [5.74, 6) is -1.55. The first-order valence-electron chi connectivity index (χ1n) is 9.95. The van der Waals surface area contributed by atoms with Gasteiger partial charge in [-0.05, 0) is 72.9 Å². The fourth-order valence-corrected chi connectivity index (χ4v) is 5.19. The molecular formula is C24H23F3O3. The van der Waals surface area contributed by atoms with E-state index >= 15 is 0 Å². The van der Waals surface area contributed by atoms with Crippen LogP contribution in [-0.4, -0.2) is 28.0 Å². The summed E-state index contributed by atoms with van der Waals surface area (Å²) in [5.41, 5.74) is 0.176. The van der Waals surface area contributed by atoms with Gasteiger partial charge in [-0.3, -0.25) is 0 Å². The summed E-state index contributed by atoms with van der Waals surface area (Å²) in [7, 11) is 0. The van der Waals surface area contributed by atoms with E-state index in [0.717, 1.165) is 22.3 Å². The Labute approximate surface area is 172 Å². The molecule has 1 fully saturated rings. The van der Waals surface area contributed by atoms with E-state index in [4.69, 9.17) is 0 Å². The molecule has 4 rings (SSSR count). The highest BCUT2D eigenvalue weighted by molar-refractivity contribution is 5.89. The van der Waals surface area contributed by atoms with Gasteiger partial charge in [0.2, 0.25) is 0 Å². The predicted octanol–water partition coefficient (Wildman–Crippen LogP) is 5.38. The first kappa shape index (κ1) is 20.7. The predicted molar refractivity (Wildman–Crippen MR) is 107 cm³/mol. The van der Waals surface area contributed by atoms with Crippen molar-refractivity contribution in [3.05, 3.63) is 76.9 Å². The van der Waals surface area contributed by atoms with Crippen molar-refractivity contribution >= 4 is 11.5 Å². The lowest BCUT2D eigenvalue weighted by Gasteiger charge is -2.52. The molecule has 158 valence electrons. The van der Waals surface area contributed by atoms with Crippen molar-refractivity contribution in [2.45, 2.75) is 49.8 Å². The average Bonchev–Trinajstić information content (AvgIpc) is 2.69. The minimum absolute atomic E-state index is 0.150. The van der Waals surface area contributed by atoms with Crippen LogP contribution in [0.1, 0.15) is 53.2 Å². The van der Waals surface area contributed by atoms with Crippen molar-refractivity contribution in [2.75, 3.05) is 0 Å². The molecule has 0 bridgehead atoms. The number of carbonyl (C=O) groups is 1. The van der Waals surface area contributed by atoms with Gasteiger partial charge >= 0.3 is 12.1 Å². The topological polar surface area (TPSA) is 57.5 Å². The van der Waals surface area contributed by atoms with Gasteiger partial charge in [0.05, 0.1) is 5.56 Å². The second kappa shape index (κ2) is 6.98. The highest BCUT2D eigenvalue weighted by Gasteiger charge is 2.61. The second-order valence-corrected chi connectivity index (χ2v) is 8.57. The molecule has 0 amide bonds. The Morgan fingerprint density at radius 1 is 1.13 bits per heavy atom. The number of benzene rings is 2. The molecule has 30 heavy (non-hydrogen) atoms. The summed E-state index contributed by atoms with van der Waals surface area (Å²) in [5, 5.41) is 19.8.